The SMILES string of the molecule is COc1cc(N2CCC(Oc3ccc(N4CC(OC)CC4CC(=O)O)cn3)C(C)C2)c(C2CCCC2)cn1. The third kappa shape index (κ3) is 5.82. The van der Waals surface area contributed by atoms with Gasteiger partial charge in [-0.25, -0.2) is 9.97 Å². The van der Waals surface area contributed by atoms with Crippen LogP contribution in [0.15, 0.2) is 30.6 Å². The van der Waals surface area contributed by atoms with Crippen molar-refractivity contribution in [1.82, 2.24) is 9.97 Å². The summed E-state index contributed by atoms with van der Waals surface area (Å²) < 4.78 is 17.3. The van der Waals surface area contributed by atoms with Gasteiger partial charge in [0, 0.05) is 69.1 Å². The second-order valence-electron chi connectivity index (χ2n) is 11.0. The quantitative estimate of drug-likeness (QED) is 0.508. The van der Waals surface area contributed by atoms with E-state index >= 15 is 0 Å². The maximum Gasteiger partial charge on any atom is 0.305 e. The fourth-order valence-electron chi connectivity index (χ4n) is 6.41. The van der Waals surface area contributed by atoms with Crippen LogP contribution in [0.5, 0.6) is 11.8 Å². The van der Waals surface area contributed by atoms with Crippen molar-refractivity contribution in [3.63, 3.8) is 0 Å². The number of carbonyl (C=O) groups is 1. The third-order valence-electron chi connectivity index (χ3n) is 8.50. The molecule has 3 fully saturated rings. The number of ether oxygens (including phenoxy) is 3. The Labute approximate surface area is 225 Å². The summed E-state index contributed by atoms with van der Waals surface area (Å²) in [4.78, 5) is 25.0. The average molecular weight is 525 g/mol. The number of aliphatic carboxylic acids is 1. The summed E-state index contributed by atoms with van der Waals surface area (Å²) in [5.74, 6) is 1.37. The Bertz CT molecular complexity index is 1090. The second kappa shape index (κ2) is 11.8. The lowest BCUT2D eigenvalue weighted by atomic mass is 9.93. The van der Waals surface area contributed by atoms with Crippen LogP contribution in [0.4, 0.5) is 11.4 Å². The first-order valence-electron chi connectivity index (χ1n) is 13.9. The first kappa shape index (κ1) is 26.5. The Balaban J connectivity index is 1.23. The van der Waals surface area contributed by atoms with Crippen molar-refractivity contribution in [3.8, 4) is 11.8 Å². The van der Waals surface area contributed by atoms with Crippen LogP contribution in [0.3, 0.4) is 0 Å². The van der Waals surface area contributed by atoms with Crippen molar-refractivity contribution >= 4 is 17.3 Å². The number of nitrogens with zero attached hydrogens (tertiary/aromatic N) is 4. The standard InChI is InChI=1S/C29H40N4O5/c1-19-17-32(25-14-28(37-3)31-16-24(25)20-6-4-5-7-20)11-10-26(19)38-27-9-8-21(15-30-27)33-18-23(36-2)12-22(33)13-29(34)35/h8-9,14-16,19-20,22-23,26H,4-7,10-13,17-18H2,1-3H3,(H,34,35). The number of aromatic nitrogens is 2. The zero-order valence-electron chi connectivity index (χ0n) is 22.7. The molecule has 4 atom stereocenters. The monoisotopic (exact) mass is 524 g/mol. The van der Waals surface area contributed by atoms with Crippen LogP contribution in [0.2, 0.25) is 0 Å². The molecule has 0 radical (unpaired) electrons. The zero-order valence-corrected chi connectivity index (χ0v) is 22.7. The minimum Gasteiger partial charge on any atom is -0.481 e. The average Bonchev–Trinajstić information content (AvgIpc) is 3.60. The van der Waals surface area contributed by atoms with E-state index in [1.165, 1.54) is 36.9 Å². The number of rotatable bonds is 9. The van der Waals surface area contributed by atoms with Crippen LogP contribution in [-0.4, -0.2) is 73.1 Å². The Morgan fingerprint density at radius 2 is 1.87 bits per heavy atom. The fraction of sp³-hybridized carbons (Fsp3) is 0.621. The molecule has 0 aromatic carbocycles. The molecule has 2 aromatic rings. The normalized spacial score (nSPS) is 26.1. The molecule has 1 saturated carbocycles. The fourth-order valence-corrected chi connectivity index (χ4v) is 6.41. The number of methoxy groups -OCH3 is 2. The van der Waals surface area contributed by atoms with Gasteiger partial charge in [-0.05, 0) is 36.8 Å². The maximum absolute atomic E-state index is 11.3. The lowest BCUT2D eigenvalue weighted by molar-refractivity contribution is -0.137. The van der Waals surface area contributed by atoms with E-state index in [1.807, 2.05) is 18.3 Å². The van der Waals surface area contributed by atoms with Gasteiger partial charge in [-0.15, -0.1) is 0 Å². The summed E-state index contributed by atoms with van der Waals surface area (Å²) in [7, 11) is 3.35. The lowest BCUT2D eigenvalue weighted by Crippen LogP contribution is -2.45. The maximum atomic E-state index is 11.3. The molecule has 2 aromatic heterocycles. The Kier molecular flexibility index (Phi) is 8.21. The van der Waals surface area contributed by atoms with Crippen LogP contribution < -0.4 is 19.3 Å². The minimum absolute atomic E-state index is 0.0239. The molecule has 1 N–H and O–H groups in total. The molecule has 0 bridgehead atoms. The minimum atomic E-state index is -0.800. The number of anilines is 2. The molecule has 9 nitrogen and oxygen atoms in total. The van der Waals surface area contributed by atoms with Crippen molar-refractivity contribution in [2.24, 2.45) is 5.92 Å². The highest BCUT2D eigenvalue weighted by atomic mass is 16.5. The molecule has 0 amide bonds. The smallest absolute Gasteiger partial charge is 0.305 e. The van der Waals surface area contributed by atoms with Crippen LogP contribution in [0.1, 0.15) is 63.4 Å². The molecule has 206 valence electrons. The Morgan fingerprint density at radius 3 is 2.53 bits per heavy atom. The molecule has 3 aliphatic rings. The zero-order chi connectivity index (χ0) is 26.6. The van der Waals surface area contributed by atoms with Crippen molar-refractivity contribution < 1.29 is 24.1 Å². The highest BCUT2D eigenvalue weighted by Gasteiger charge is 2.34. The van der Waals surface area contributed by atoms with Crippen molar-refractivity contribution in [2.45, 2.75) is 76.0 Å². The largest absolute Gasteiger partial charge is 0.481 e. The molecule has 38 heavy (non-hydrogen) atoms. The Morgan fingerprint density at radius 1 is 1.08 bits per heavy atom. The van der Waals surface area contributed by atoms with E-state index in [0.717, 1.165) is 25.2 Å². The van der Waals surface area contributed by atoms with Crippen molar-refractivity contribution in [2.75, 3.05) is 43.7 Å². The van der Waals surface area contributed by atoms with E-state index in [4.69, 9.17) is 14.2 Å². The highest BCUT2D eigenvalue weighted by molar-refractivity contribution is 5.69. The first-order chi connectivity index (χ1) is 18.4. The summed E-state index contributed by atoms with van der Waals surface area (Å²) in [6.07, 6.45) is 10.7. The van der Waals surface area contributed by atoms with E-state index in [1.54, 1.807) is 20.4 Å². The lowest BCUT2D eigenvalue weighted by Gasteiger charge is -2.39. The predicted molar refractivity (Wildman–Crippen MR) is 145 cm³/mol. The Hall–Kier alpha value is -3.07. The number of carboxylic acids is 1. The van der Waals surface area contributed by atoms with Gasteiger partial charge in [0.15, 0.2) is 0 Å². The predicted octanol–water partition coefficient (Wildman–Crippen LogP) is 4.51. The number of carboxylic acid groups (broad SMARTS) is 1. The molecule has 4 unspecified atom stereocenters. The molecule has 5 rings (SSSR count). The third-order valence-corrected chi connectivity index (χ3v) is 8.50. The second-order valence-corrected chi connectivity index (χ2v) is 11.0. The van der Waals surface area contributed by atoms with E-state index in [-0.39, 0.29) is 24.7 Å². The van der Waals surface area contributed by atoms with Crippen LogP contribution in [0.25, 0.3) is 0 Å². The molecule has 9 heteroatoms. The highest BCUT2D eigenvalue weighted by Crippen LogP contribution is 2.41. The number of hydrogen-bond acceptors (Lipinski definition) is 8. The van der Waals surface area contributed by atoms with Gasteiger partial charge in [-0.3, -0.25) is 4.79 Å². The van der Waals surface area contributed by atoms with Gasteiger partial charge >= 0.3 is 5.97 Å². The molecule has 1 aliphatic carbocycles. The summed E-state index contributed by atoms with van der Waals surface area (Å²) in [5, 5.41) is 9.32. The van der Waals surface area contributed by atoms with E-state index in [9.17, 15) is 9.90 Å². The van der Waals surface area contributed by atoms with Crippen molar-refractivity contribution in [3.05, 3.63) is 36.2 Å². The molecule has 2 saturated heterocycles. The number of hydrogen-bond donors (Lipinski definition) is 1. The van der Waals surface area contributed by atoms with Gasteiger partial charge in [0.1, 0.15) is 6.10 Å². The van der Waals surface area contributed by atoms with Gasteiger partial charge in [-0.2, -0.15) is 0 Å². The molecular formula is C29H40N4O5. The van der Waals surface area contributed by atoms with E-state index in [2.05, 4.69) is 32.8 Å². The number of piperidine rings is 1. The molecule has 0 spiro atoms. The van der Waals surface area contributed by atoms with Crippen LogP contribution in [-0.2, 0) is 9.53 Å². The summed E-state index contributed by atoms with van der Waals surface area (Å²) in [6, 6.07) is 5.88. The molecule has 2 aliphatic heterocycles. The topological polar surface area (TPSA) is 97.2 Å². The van der Waals surface area contributed by atoms with Gasteiger partial charge in [0.25, 0.3) is 0 Å². The van der Waals surface area contributed by atoms with Crippen molar-refractivity contribution in [1.29, 1.82) is 0 Å². The first-order valence-corrected chi connectivity index (χ1v) is 13.9. The number of pyridine rings is 2. The molecular weight excluding hydrogens is 484 g/mol. The summed E-state index contributed by atoms with van der Waals surface area (Å²) in [6.45, 7) is 4.71. The van der Waals surface area contributed by atoms with E-state index in [0.29, 0.717) is 36.6 Å². The van der Waals surface area contributed by atoms with Gasteiger partial charge in [0.2, 0.25) is 11.8 Å². The summed E-state index contributed by atoms with van der Waals surface area (Å²) in [5.41, 5.74) is 3.51. The van der Waals surface area contributed by atoms with Crippen LogP contribution >= 0.6 is 0 Å². The van der Waals surface area contributed by atoms with Gasteiger partial charge < -0.3 is 29.1 Å². The summed E-state index contributed by atoms with van der Waals surface area (Å²) >= 11 is 0. The van der Waals surface area contributed by atoms with E-state index < -0.39 is 5.97 Å². The van der Waals surface area contributed by atoms with Crippen LogP contribution in [0, 0.1) is 5.92 Å². The van der Waals surface area contributed by atoms with Gasteiger partial charge in [-0.1, -0.05) is 19.8 Å². The molecule has 4 heterocycles. The van der Waals surface area contributed by atoms with Gasteiger partial charge in [0.05, 0.1) is 31.5 Å².